The summed E-state index contributed by atoms with van der Waals surface area (Å²) < 4.78 is 20.2. The zero-order chi connectivity index (χ0) is 25.8. The second kappa shape index (κ2) is 11.0. The summed E-state index contributed by atoms with van der Waals surface area (Å²) in [7, 11) is 0. The van der Waals surface area contributed by atoms with E-state index in [1.165, 1.54) is 18.2 Å². The minimum Gasteiger partial charge on any atom is -0.487 e. The molecule has 0 atom stereocenters. The Labute approximate surface area is 223 Å². The Bertz CT molecular complexity index is 1350. The van der Waals surface area contributed by atoms with E-state index in [4.69, 9.17) is 4.74 Å². The van der Waals surface area contributed by atoms with Gasteiger partial charge in [-0.1, -0.05) is 24.3 Å². The number of halogens is 3. The van der Waals surface area contributed by atoms with Crippen molar-refractivity contribution in [2.24, 2.45) is 0 Å². The van der Waals surface area contributed by atoms with Crippen LogP contribution in [-0.2, 0) is 16.2 Å². The van der Waals surface area contributed by atoms with Crippen LogP contribution < -0.4 is 15.4 Å². The number of rotatable bonds is 7. The van der Waals surface area contributed by atoms with E-state index in [0.29, 0.717) is 25.9 Å². The first-order valence-electron chi connectivity index (χ1n) is 10.8. The average Bonchev–Trinajstić information content (AvgIpc) is 3.07. The molecule has 1 aliphatic heterocycles. The lowest BCUT2D eigenvalue weighted by atomic mass is 10.2. The van der Waals surface area contributed by atoms with Crippen molar-refractivity contribution in [3.8, 4) is 5.75 Å². The molecule has 36 heavy (non-hydrogen) atoms. The lowest BCUT2D eigenvalue weighted by Gasteiger charge is -2.12. The predicted octanol–water partition coefficient (Wildman–Crippen LogP) is 5.77. The van der Waals surface area contributed by atoms with E-state index in [1.807, 2.05) is 13.0 Å². The van der Waals surface area contributed by atoms with E-state index in [9.17, 15) is 18.8 Å². The van der Waals surface area contributed by atoms with Crippen LogP contribution in [-0.4, -0.2) is 29.3 Å². The van der Waals surface area contributed by atoms with Gasteiger partial charge in [0.25, 0.3) is 5.91 Å². The highest BCUT2D eigenvalue weighted by Crippen LogP contribution is 2.36. The Kier molecular flexibility index (Phi) is 7.85. The maximum atomic E-state index is 13.1. The summed E-state index contributed by atoms with van der Waals surface area (Å²) in [6, 6.07) is 16.0. The predicted molar refractivity (Wildman–Crippen MR) is 141 cm³/mol. The first kappa shape index (κ1) is 25.6. The van der Waals surface area contributed by atoms with Gasteiger partial charge in [-0.05, 0) is 97.9 Å². The number of nitrogens with zero attached hydrogens (tertiary/aromatic N) is 1. The molecule has 0 unspecified atom stereocenters. The Morgan fingerprint density at radius 3 is 2.44 bits per heavy atom. The number of benzene rings is 3. The molecule has 7 nitrogen and oxygen atoms in total. The Hall–Kier alpha value is -3.50. The van der Waals surface area contributed by atoms with Gasteiger partial charge in [-0.15, -0.1) is 0 Å². The fourth-order valence-corrected chi connectivity index (χ4v) is 4.94. The number of ether oxygens (including phenoxy) is 1. The van der Waals surface area contributed by atoms with Gasteiger partial charge in [-0.25, -0.2) is 14.1 Å². The highest BCUT2D eigenvalue weighted by atomic mass is 79.9. The molecule has 3 aromatic carbocycles. The van der Waals surface area contributed by atoms with Crippen LogP contribution in [0.25, 0.3) is 6.08 Å². The van der Waals surface area contributed by atoms with Crippen LogP contribution in [0.1, 0.15) is 16.7 Å². The van der Waals surface area contributed by atoms with Crippen LogP contribution in [0.15, 0.2) is 75.3 Å². The second-order valence-electron chi connectivity index (χ2n) is 8.03. The first-order chi connectivity index (χ1) is 17.2. The topological polar surface area (TPSA) is 87.7 Å². The largest absolute Gasteiger partial charge is 0.487 e. The third-order valence-corrected chi connectivity index (χ3v) is 6.37. The van der Waals surface area contributed by atoms with E-state index in [2.05, 4.69) is 42.5 Å². The fraction of sp³-hybridized carbons (Fsp3) is 0.115. The van der Waals surface area contributed by atoms with Gasteiger partial charge < -0.3 is 15.4 Å². The van der Waals surface area contributed by atoms with Gasteiger partial charge in [0.15, 0.2) is 0 Å². The highest BCUT2D eigenvalue weighted by molar-refractivity contribution is 9.11. The third-order valence-electron chi connectivity index (χ3n) is 5.19. The quantitative estimate of drug-likeness (QED) is 0.261. The summed E-state index contributed by atoms with van der Waals surface area (Å²) in [5, 5.41) is 5.20. The van der Waals surface area contributed by atoms with Crippen molar-refractivity contribution >= 4 is 61.5 Å². The summed E-state index contributed by atoms with van der Waals surface area (Å²) in [4.78, 5) is 38.4. The number of anilines is 1. The lowest BCUT2D eigenvalue weighted by molar-refractivity contribution is -0.127. The molecule has 0 aliphatic carbocycles. The van der Waals surface area contributed by atoms with Crippen LogP contribution in [0.3, 0.4) is 0 Å². The van der Waals surface area contributed by atoms with Gasteiger partial charge in [0.1, 0.15) is 30.4 Å². The molecule has 3 aromatic rings. The van der Waals surface area contributed by atoms with Crippen molar-refractivity contribution in [3.63, 3.8) is 0 Å². The highest BCUT2D eigenvalue weighted by Gasteiger charge is 2.35. The number of imide groups is 1. The summed E-state index contributed by atoms with van der Waals surface area (Å²) in [5.74, 6) is -0.892. The monoisotopic (exact) mass is 615 g/mol. The minimum absolute atomic E-state index is 0.0436. The molecule has 0 saturated carbocycles. The van der Waals surface area contributed by atoms with Crippen molar-refractivity contribution in [2.75, 3.05) is 11.9 Å². The second-order valence-corrected chi connectivity index (χ2v) is 9.73. The number of aryl methyl sites for hydroxylation is 1. The van der Waals surface area contributed by atoms with Crippen molar-refractivity contribution < 1.29 is 23.5 Å². The Morgan fingerprint density at radius 1 is 1.08 bits per heavy atom. The molecular formula is C26H20Br2FN3O4. The summed E-state index contributed by atoms with van der Waals surface area (Å²) in [6.45, 7) is 1.70. The van der Waals surface area contributed by atoms with Crippen LogP contribution >= 0.6 is 31.9 Å². The molecule has 1 saturated heterocycles. The van der Waals surface area contributed by atoms with E-state index in [-0.39, 0.29) is 18.1 Å². The van der Waals surface area contributed by atoms with Crippen molar-refractivity contribution in [3.05, 3.63) is 97.8 Å². The minimum atomic E-state index is -0.678. The molecule has 4 amide bonds. The third kappa shape index (κ3) is 6.19. The number of nitrogens with one attached hydrogen (secondary N) is 2. The van der Waals surface area contributed by atoms with E-state index < -0.39 is 24.4 Å². The number of urea groups is 1. The standard InChI is InChI=1S/C26H20Br2FN3O4/c1-15-3-2-4-19(9-15)30-23(33)13-32-25(34)22(31-26(32)35)12-17-10-20(27)24(21(28)11-17)36-14-16-5-7-18(29)8-6-16/h2-12H,13-14H2,1H3,(H,30,33)(H,31,35)/b22-12+. The maximum absolute atomic E-state index is 13.1. The van der Waals surface area contributed by atoms with Crippen LogP contribution in [0.4, 0.5) is 14.9 Å². The number of amides is 4. The van der Waals surface area contributed by atoms with Crippen molar-refractivity contribution in [1.82, 2.24) is 10.2 Å². The van der Waals surface area contributed by atoms with E-state index in [0.717, 1.165) is 16.0 Å². The van der Waals surface area contributed by atoms with Crippen molar-refractivity contribution in [2.45, 2.75) is 13.5 Å². The molecule has 1 fully saturated rings. The molecule has 4 rings (SSSR count). The SMILES string of the molecule is Cc1cccc(NC(=O)CN2C(=O)N/C(=C/c3cc(Br)c(OCc4ccc(F)cc4)c(Br)c3)C2=O)c1. The molecule has 1 heterocycles. The van der Waals surface area contributed by atoms with Crippen LogP contribution in [0.2, 0.25) is 0 Å². The molecular weight excluding hydrogens is 597 g/mol. The van der Waals surface area contributed by atoms with Gasteiger partial charge in [-0.2, -0.15) is 0 Å². The molecule has 0 radical (unpaired) electrons. The summed E-state index contributed by atoms with van der Waals surface area (Å²) in [5.41, 5.74) is 3.00. The van der Waals surface area contributed by atoms with Crippen LogP contribution in [0, 0.1) is 12.7 Å². The number of hydrogen-bond acceptors (Lipinski definition) is 4. The fourth-order valence-electron chi connectivity index (χ4n) is 3.49. The van der Waals surface area contributed by atoms with Gasteiger partial charge in [0.2, 0.25) is 5.91 Å². The maximum Gasteiger partial charge on any atom is 0.329 e. The molecule has 0 bridgehead atoms. The van der Waals surface area contributed by atoms with E-state index in [1.54, 1.807) is 42.5 Å². The van der Waals surface area contributed by atoms with Gasteiger partial charge >= 0.3 is 6.03 Å². The molecule has 0 aromatic heterocycles. The molecule has 0 spiro atoms. The first-order valence-corrected chi connectivity index (χ1v) is 12.4. The smallest absolute Gasteiger partial charge is 0.329 e. The Morgan fingerprint density at radius 2 is 1.78 bits per heavy atom. The normalized spacial score (nSPS) is 14.2. The number of hydrogen-bond donors (Lipinski definition) is 2. The van der Waals surface area contributed by atoms with Gasteiger partial charge in [0.05, 0.1) is 8.95 Å². The number of carbonyl (C=O) groups is 3. The van der Waals surface area contributed by atoms with Crippen molar-refractivity contribution in [1.29, 1.82) is 0 Å². The van der Waals surface area contributed by atoms with E-state index >= 15 is 0 Å². The molecule has 2 N–H and O–H groups in total. The number of carbonyl (C=O) groups excluding carboxylic acids is 3. The van der Waals surface area contributed by atoms with Gasteiger partial charge in [-0.3, -0.25) is 9.59 Å². The molecule has 10 heteroatoms. The summed E-state index contributed by atoms with van der Waals surface area (Å²) >= 11 is 6.92. The molecule has 1 aliphatic rings. The van der Waals surface area contributed by atoms with Crippen LogP contribution in [0.5, 0.6) is 5.75 Å². The Balaban J connectivity index is 1.43. The zero-order valence-electron chi connectivity index (χ0n) is 19.0. The summed E-state index contributed by atoms with van der Waals surface area (Å²) in [6.07, 6.45) is 1.51. The molecule has 184 valence electrons. The lowest BCUT2D eigenvalue weighted by Crippen LogP contribution is -2.38. The zero-order valence-corrected chi connectivity index (χ0v) is 22.2. The average molecular weight is 617 g/mol. The van der Waals surface area contributed by atoms with Gasteiger partial charge in [0, 0.05) is 5.69 Å².